The molecule has 1 aromatic heterocycles. The van der Waals surface area contributed by atoms with E-state index < -0.39 is 0 Å². The van der Waals surface area contributed by atoms with Gasteiger partial charge in [-0.15, -0.1) is 0 Å². The largest absolute Gasteiger partial charge is 0.358 e. The summed E-state index contributed by atoms with van der Waals surface area (Å²) >= 11 is 1.45. The highest BCUT2D eigenvalue weighted by atomic mass is 32.2. The zero-order valence-electron chi connectivity index (χ0n) is 11.3. The van der Waals surface area contributed by atoms with Crippen LogP contribution < -0.4 is 5.32 Å². The molecule has 0 saturated heterocycles. The number of benzene rings is 1. The van der Waals surface area contributed by atoms with E-state index in [0.29, 0.717) is 0 Å². The van der Waals surface area contributed by atoms with Gasteiger partial charge in [-0.05, 0) is 25.5 Å². The molecule has 1 unspecified atom stereocenters. The van der Waals surface area contributed by atoms with Gasteiger partial charge in [0.25, 0.3) is 0 Å². The molecule has 1 heterocycles. The Labute approximate surface area is 117 Å². The van der Waals surface area contributed by atoms with Crippen LogP contribution >= 0.6 is 11.8 Å². The number of hydrogen-bond donors (Lipinski definition) is 1. The quantitative estimate of drug-likeness (QED) is 0.872. The molecule has 0 spiro atoms. The Morgan fingerprint density at radius 3 is 2.84 bits per heavy atom. The van der Waals surface area contributed by atoms with Gasteiger partial charge in [-0.3, -0.25) is 9.36 Å². The summed E-state index contributed by atoms with van der Waals surface area (Å²) in [6.07, 6.45) is 3.67. The van der Waals surface area contributed by atoms with Gasteiger partial charge in [-0.25, -0.2) is 4.98 Å². The fourth-order valence-electron chi connectivity index (χ4n) is 1.81. The average molecular weight is 275 g/mol. The molecule has 1 atom stereocenters. The highest BCUT2D eigenvalue weighted by Gasteiger charge is 2.16. The lowest BCUT2D eigenvalue weighted by Gasteiger charge is -2.13. The van der Waals surface area contributed by atoms with E-state index >= 15 is 0 Å². The molecule has 2 rings (SSSR count). The number of carbonyl (C=O) groups is 1. The molecule has 0 fully saturated rings. The van der Waals surface area contributed by atoms with E-state index in [-0.39, 0.29) is 11.2 Å². The first-order valence-corrected chi connectivity index (χ1v) is 6.99. The Morgan fingerprint density at radius 1 is 1.42 bits per heavy atom. The van der Waals surface area contributed by atoms with Crippen LogP contribution in [0.15, 0.2) is 41.8 Å². The minimum absolute atomic E-state index is 0.00401. The molecule has 2 aromatic rings. The van der Waals surface area contributed by atoms with Crippen LogP contribution in [-0.2, 0) is 4.79 Å². The highest BCUT2D eigenvalue weighted by Crippen LogP contribution is 2.25. The van der Waals surface area contributed by atoms with E-state index in [4.69, 9.17) is 0 Å². The molecule has 0 aliphatic heterocycles. The third-order valence-electron chi connectivity index (χ3n) is 2.88. The summed E-state index contributed by atoms with van der Waals surface area (Å²) in [5, 5.41) is 3.30. The van der Waals surface area contributed by atoms with Crippen LogP contribution in [0, 0.1) is 6.92 Å². The number of rotatable bonds is 4. The smallest absolute Gasteiger partial charge is 0.233 e. The molecular weight excluding hydrogens is 258 g/mol. The molecule has 0 aliphatic rings. The van der Waals surface area contributed by atoms with Crippen LogP contribution in [0.25, 0.3) is 5.69 Å². The molecule has 1 aromatic carbocycles. The fourth-order valence-corrected chi connectivity index (χ4v) is 2.74. The Balaban J connectivity index is 2.28. The summed E-state index contributed by atoms with van der Waals surface area (Å²) in [4.78, 5) is 15.9. The van der Waals surface area contributed by atoms with Crippen LogP contribution in [0.1, 0.15) is 12.5 Å². The number of para-hydroxylation sites is 1. The zero-order valence-corrected chi connectivity index (χ0v) is 12.1. The van der Waals surface area contributed by atoms with E-state index in [2.05, 4.69) is 23.3 Å². The Kier molecular flexibility index (Phi) is 4.27. The molecule has 100 valence electrons. The summed E-state index contributed by atoms with van der Waals surface area (Å²) in [5.74, 6) is 0.00401. The summed E-state index contributed by atoms with van der Waals surface area (Å²) in [5.41, 5.74) is 2.27. The van der Waals surface area contributed by atoms with Crippen LogP contribution in [0.2, 0.25) is 0 Å². The van der Waals surface area contributed by atoms with Crippen LogP contribution in [0.4, 0.5) is 0 Å². The number of hydrogen-bond acceptors (Lipinski definition) is 3. The lowest BCUT2D eigenvalue weighted by atomic mass is 10.2. The maximum atomic E-state index is 11.6. The number of aromatic nitrogens is 2. The molecule has 0 bridgehead atoms. The predicted octanol–water partition coefficient (Wildman–Crippen LogP) is 2.41. The van der Waals surface area contributed by atoms with Gasteiger partial charge in [0.05, 0.1) is 10.9 Å². The first-order valence-electron chi connectivity index (χ1n) is 6.11. The number of aryl methyl sites for hydroxylation is 1. The van der Waals surface area contributed by atoms with Gasteiger partial charge in [0.1, 0.15) is 0 Å². The van der Waals surface area contributed by atoms with Crippen LogP contribution in [-0.4, -0.2) is 27.8 Å². The lowest BCUT2D eigenvalue weighted by Crippen LogP contribution is -2.27. The second-order valence-corrected chi connectivity index (χ2v) is 5.55. The van der Waals surface area contributed by atoms with Crippen molar-refractivity contribution in [3.63, 3.8) is 0 Å². The van der Waals surface area contributed by atoms with Gasteiger partial charge < -0.3 is 5.32 Å². The SMILES string of the molecule is CNC(=O)C(C)Sc1nccn1-c1ccccc1C. The van der Waals surface area contributed by atoms with E-state index in [1.807, 2.05) is 35.9 Å². The Morgan fingerprint density at radius 2 is 2.16 bits per heavy atom. The Hall–Kier alpha value is -1.75. The molecule has 0 radical (unpaired) electrons. The van der Waals surface area contributed by atoms with Crippen molar-refractivity contribution >= 4 is 17.7 Å². The first kappa shape index (κ1) is 13.7. The fraction of sp³-hybridized carbons (Fsp3) is 0.286. The summed E-state index contributed by atoms with van der Waals surface area (Å²) in [6.45, 7) is 3.94. The third kappa shape index (κ3) is 2.98. The third-order valence-corrected chi connectivity index (χ3v) is 3.96. The zero-order chi connectivity index (χ0) is 13.8. The number of imidazole rings is 1. The summed E-state index contributed by atoms with van der Waals surface area (Å²) in [6, 6.07) is 8.12. The first-order chi connectivity index (χ1) is 9.13. The molecule has 0 aliphatic carbocycles. The normalized spacial score (nSPS) is 12.2. The van der Waals surface area contributed by atoms with Gasteiger partial charge in [0.15, 0.2) is 5.16 Å². The van der Waals surface area contributed by atoms with Crippen molar-refractivity contribution in [3.05, 3.63) is 42.2 Å². The van der Waals surface area contributed by atoms with Gasteiger partial charge >= 0.3 is 0 Å². The van der Waals surface area contributed by atoms with Crippen molar-refractivity contribution in [2.45, 2.75) is 24.3 Å². The van der Waals surface area contributed by atoms with Gasteiger partial charge in [0.2, 0.25) is 5.91 Å². The maximum Gasteiger partial charge on any atom is 0.233 e. The molecule has 4 nitrogen and oxygen atoms in total. The Bertz CT molecular complexity index is 580. The van der Waals surface area contributed by atoms with Crippen LogP contribution in [0.5, 0.6) is 0 Å². The van der Waals surface area contributed by atoms with Crippen molar-refractivity contribution in [1.82, 2.24) is 14.9 Å². The monoisotopic (exact) mass is 275 g/mol. The maximum absolute atomic E-state index is 11.6. The molecule has 0 saturated carbocycles. The standard InChI is InChI=1S/C14H17N3OS/c1-10-6-4-5-7-12(10)17-9-8-16-14(17)19-11(2)13(18)15-3/h4-9,11H,1-3H3,(H,15,18). The minimum atomic E-state index is -0.171. The predicted molar refractivity (Wildman–Crippen MR) is 77.7 cm³/mol. The average Bonchev–Trinajstić information content (AvgIpc) is 2.86. The minimum Gasteiger partial charge on any atom is -0.358 e. The summed E-state index contributed by atoms with van der Waals surface area (Å²) in [7, 11) is 1.65. The lowest BCUT2D eigenvalue weighted by molar-refractivity contribution is -0.119. The molecule has 5 heteroatoms. The molecule has 1 N–H and O–H groups in total. The topological polar surface area (TPSA) is 46.9 Å². The van der Waals surface area contributed by atoms with Gasteiger partial charge in [-0.2, -0.15) is 0 Å². The molecule has 19 heavy (non-hydrogen) atoms. The number of nitrogens with one attached hydrogen (secondary N) is 1. The van der Waals surface area contributed by atoms with Gasteiger partial charge in [-0.1, -0.05) is 30.0 Å². The van der Waals surface area contributed by atoms with Gasteiger partial charge in [0, 0.05) is 19.4 Å². The second-order valence-electron chi connectivity index (χ2n) is 4.24. The number of amides is 1. The number of carbonyl (C=O) groups excluding carboxylic acids is 1. The van der Waals surface area contributed by atoms with E-state index in [0.717, 1.165) is 10.8 Å². The van der Waals surface area contributed by atoms with E-state index in [9.17, 15) is 4.79 Å². The van der Waals surface area contributed by atoms with Crippen molar-refractivity contribution in [1.29, 1.82) is 0 Å². The summed E-state index contributed by atoms with van der Waals surface area (Å²) < 4.78 is 2.01. The van der Waals surface area contributed by atoms with Crippen molar-refractivity contribution in [3.8, 4) is 5.69 Å². The molecular formula is C14H17N3OS. The van der Waals surface area contributed by atoms with Crippen molar-refractivity contribution < 1.29 is 4.79 Å². The number of nitrogens with zero attached hydrogens (tertiary/aromatic N) is 2. The van der Waals surface area contributed by atoms with Crippen molar-refractivity contribution in [2.24, 2.45) is 0 Å². The second kappa shape index (κ2) is 5.93. The van der Waals surface area contributed by atoms with E-state index in [1.165, 1.54) is 17.3 Å². The number of thioether (sulfide) groups is 1. The van der Waals surface area contributed by atoms with Crippen LogP contribution in [0.3, 0.4) is 0 Å². The highest BCUT2D eigenvalue weighted by molar-refractivity contribution is 8.00. The van der Waals surface area contributed by atoms with E-state index in [1.54, 1.807) is 13.2 Å². The molecule has 1 amide bonds. The van der Waals surface area contributed by atoms with Crippen molar-refractivity contribution in [2.75, 3.05) is 7.05 Å².